The molecule has 0 aliphatic carbocycles. The number of benzene rings is 3. The molecule has 0 fully saturated rings. The lowest BCUT2D eigenvalue weighted by atomic mass is 10.1. The molecule has 22 heteroatoms. The van der Waals surface area contributed by atoms with Crippen LogP contribution >= 0.6 is 28.9 Å². The second-order valence-corrected chi connectivity index (χ2v) is 21.5. The second kappa shape index (κ2) is 32.5. The molecule has 0 spiro atoms. The Morgan fingerprint density at radius 2 is 1.04 bits per heavy atom. The molecule has 376 valence electrons. The van der Waals surface area contributed by atoms with Crippen LogP contribution in [0, 0.1) is 0 Å². The van der Waals surface area contributed by atoms with E-state index in [4.69, 9.17) is 4.74 Å². The first-order valence-corrected chi connectivity index (χ1v) is 26.3. The van der Waals surface area contributed by atoms with Gasteiger partial charge >= 0.3 is 17.9 Å². The maximum atomic E-state index is 13.3. The van der Waals surface area contributed by atoms with Crippen LogP contribution in [0.5, 0.6) is 0 Å². The molecule has 0 bridgehead atoms. The fourth-order valence-electron chi connectivity index (χ4n) is 6.89. The van der Waals surface area contributed by atoms with E-state index in [1.807, 2.05) is 54.6 Å². The third-order valence-electron chi connectivity index (χ3n) is 10.6. The van der Waals surface area contributed by atoms with Crippen molar-refractivity contribution in [1.29, 1.82) is 0 Å². The van der Waals surface area contributed by atoms with Crippen molar-refractivity contribution in [3.05, 3.63) is 91.0 Å². The molecule has 4 atom stereocenters. The lowest BCUT2D eigenvalue weighted by molar-refractivity contribution is -0.438. The molecule has 0 saturated heterocycles. The van der Waals surface area contributed by atoms with Crippen molar-refractivity contribution in [3.8, 4) is 0 Å². The minimum Gasteiger partial charge on any atom is -1.00 e. The molecule has 0 aliphatic rings. The normalized spacial score (nSPS) is 12.6. The Morgan fingerprint density at radius 1 is 0.580 bits per heavy atom. The average Bonchev–Trinajstić information content (AvgIpc) is 3.36. The maximum absolute atomic E-state index is 13.3. The topological polar surface area (TPSA) is 280 Å². The number of rotatable bonds is 31. The Hall–Kier alpha value is -5.34. The van der Waals surface area contributed by atoms with Gasteiger partial charge in [0, 0.05) is 43.6 Å². The number of carbonyl (C=O) groups is 9. The van der Waals surface area contributed by atoms with E-state index in [-0.39, 0.29) is 73.4 Å². The molecule has 0 aromatic heterocycles. The van der Waals surface area contributed by atoms with Crippen molar-refractivity contribution in [1.82, 2.24) is 21.3 Å². The summed E-state index contributed by atoms with van der Waals surface area (Å²) in [6, 6.07) is 26.4. The number of aliphatic carboxylic acids is 1. The lowest BCUT2D eigenvalue weighted by Gasteiger charge is -2.27. The van der Waals surface area contributed by atoms with E-state index in [0.29, 0.717) is 12.8 Å². The molecule has 3 aromatic rings. The quantitative estimate of drug-likeness (QED) is 0.0140. The van der Waals surface area contributed by atoms with Crippen LogP contribution < -0.4 is 65.0 Å². The summed E-state index contributed by atoms with van der Waals surface area (Å²) in [5.41, 5.74) is 3.41. The minimum atomic E-state index is -2.11. The molecule has 0 saturated carbocycles. The molecule has 0 aliphatic heterocycles. The number of unbranched alkanes of at least 4 members (excludes halogenated alkanes) is 1. The lowest BCUT2D eigenvalue weighted by Crippen LogP contribution is -3.00. The van der Waals surface area contributed by atoms with Gasteiger partial charge in [0.05, 0.1) is 45.9 Å². The molecule has 7 N–H and O–H groups in total. The van der Waals surface area contributed by atoms with Crippen molar-refractivity contribution in [2.45, 2.75) is 82.0 Å². The fraction of sp³-hybridized carbons (Fsp3) is 0.426. The molecule has 0 heterocycles. The van der Waals surface area contributed by atoms with E-state index in [1.165, 1.54) is 30.1 Å². The van der Waals surface area contributed by atoms with Gasteiger partial charge in [-0.1, -0.05) is 76.2 Å². The van der Waals surface area contributed by atoms with Crippen LogP contribution in [0.25, 0.3) is 0 Å². The fourth-order valence-corrected chi connectivity index (χ4v) is 13.7. The predicted octanol–water partition coefficient (Wildman–Crippen LogP) is -3.10. The van der Waals surface area contributed by atoms with Crippen LogP contribution in [0.4, 0.5) is 0 Å². The summed E-state index contributed by atoms with van der Waals surface area (Å²) in [6.07, 6.45) is 0.706. The number of halogens is 1. The first kappa shape index (κ1) is 59.8. The number of hydrogen-bond acceptors (Lipinski definition) is 15. The van der Waals surface area contributed by atoms with Gasteiger partial charge in [0.2, 0.25) is 23.6 Å². The molecular weight excluding hydrogens is 1020 g/mol. The number of carbonyl (C=O) groups excluding carboxylic acids is 9. The monoisotopic (exact) mass is 1080 g/mol. The van der Waals surface area contributed by atoms with Crippen LogP contribution in [0.15, 0.2) is 91.0 Å². The van der Waals surface area contributed by atoms with Crippen LogP contribution in [-0.2, 0) is 57.4 Å². The Kier molecular flexibility index (Phi) is 28.1. The Bertz CT molecular complexity index is 2050. The van der Waals surface area contributed by atoms with E-state index >= 15 is 0 Å². The number of methoxy groups -OCH3 is 3. The van der Waals surface area contributed by atoms with Gasteiger partial charge in [-0.25, -0.2) is 4.79 Å². The van der Waals surface area contributed by atoms with Gasteiger partial charge in [0.15, 0.2) is 5.78 Å². The standard InChI is InChI=1S/C47H60N5O13PS2.BrH/c1-63-43(57)27-24-39(53)37(30-67-68-31-38(45(59)49-29-44(58)64-2)52-41(55)25-22-35(48)46(60)61)51-42(56)26-23-36(47(62)65-3)50-40(54)21-13-14-28-66(32-15-7-4-8-16-32,33-17-9-5-10-18-33)34-19-11-6-12-20-34;/h4-12,15-20,35-38H,13-14,21-31,48H2,1-3H3,(H4-,49,50,51,52,54,55,56,59,60,61);1H/t35-,36-,37-,38-;/m0./s1. The van der Waals surface area contributed by atoms with Crippen molar-refractivity contribution in [3.63, 3.8) is 0 Å². The Morgan fingerprint density at radius 3 is 1.54 bits per heavy atom. The van der Waals surface area contributed by atoms with E-state index in [9.17, 15) is 48.3 Å². The Labute approximate surface area is 421 Å². The number of amides is 4. The van der Waals surface area contributed by atoms with Crippen molar-refractivity contribution in [2.24, 2.45) is 0 Å². The summed E-state index contributed by atoms with van der Waals surface area (Å²) in [4.78, 5) is 113. The first-order chi connectivity index (χ1) is 32.6. The van der Waals surface area contributed by atoms with Crippen molar-refractivity contribution < 1.29 is 85.2 Å². The molecule has 69 heavy (non-hydrogen) atoms. The summed E-state index contributed by atoms with van der Waals surface area (Å²) in [6.45, 7) is -0.490. The third-order valence-corrected chi connectivity index (χ3v) is 17.6. The van der Waals surface area contributed by atoms with Gasteiger partial charge in [-0.15, -0.1) is 0 Å². The highest BCUT2D eigenvalue weighted by Crippen LogP contribution is 2.56. The molecule has 3 aromatic carbocycles. The van der Waals surface area contributed by atoms with Gasteiger partial charge in [-0.05, 0) is 55.7 Å². The summed E-state index contributed by atoms with van der Waals surface area (Å²) in [5.74, 6) is -6.69. The third kappa shape index (κ3) is 20.7. The maximum Gasteiger partial charge on any atom is 0.328 e. The summed E-state index contributed by atoms with van der Waals surface area (Å²) in [5, 5.41) is 24.9. The van der Waals surface area contributed by atoms with Crippen LogP contribution in [0.3, 0.4) is 0 Å². The number of ketones is 1. The number of carboxylic acids is 1. The summed E-state index contributed by atoms with van der Waals surface area (Å²) >= 11 is 0. The van der Waals surface area contributed by atoms with E-state index < -0.39 is 91.3 Å². The van der Waals surface area contributed by atoms with Crippen LogP contribution in [-0.4, -0.2) is 123 Å². The molecule has 3 rings (SSSR count). The van der Waals surface area contributed by atoms with E-state index in [0.717, 1.165) is 34.9 Å². The van der Waals surface area contributed by atoms with Gasteiger partial charge < -0.3 is 68.1 Å². The number of quaternary nitrogens is 1. The smallest absolute Gasteiger partial charge is 0.328 e. The van der Waals surface area contributed by atoms with E-state index in [1.54, 1.807) is 0 Å². The average molecular weight is 1080 g/mol. The highest BCUT2D eigenvalue weighted by molar-refractivity contribution is 8.76. The van der Waals surface area contributed by atoms with Crippen molar-refractivity contribution in [2.75, 3.05) is 45.5 Å². The predicted molar refractivity (Wildman–Crippen MR) is 258 cm³/mol. The first-order valence-electron chi connectivity index (χ1n) is 21.9. The number of carboxylic acid groups (broad SMARTS) is 1. The zero-order valence-corrected chi connectivity index (χ0v) is 42.9. The van der Waals surface area contributed by atoms with Gasteiger partial charge in [0.1, 0.15) is 47.8 Å². The molecule has 18 nitrogen and oxygen atoms in total. The molecule has 0 radical (unpaired) electrons. The number of ether oxygens (including phenoxy) is 3. The van der Waals surface area contributed by atoms with Gasteiger partial charge in [-0.3, -0.25) is 33.6 Å². The largest absolute Gasteiger partial charge is 1.00 e. The number of esters is 3. The van der Waals surface area contributed by atoms with Gasteiger partial charge in [-0.2, -0.15) is 0 Å². The highest BCUT2D eigenvalue weighted by atomic mass is 79.9. The highest BCUT2D eigenvalue weighted by Gasteiger charge is 2.44. The van der Waals surface area contributed by atoms with Crippen LogP contribution in [0.2, 0.25) is 0 Å². The van der Waals surface area contributed by atoms with Gasteiger partial charge in [0.25, 0.3) is 0 Å². The Balaban J connectivity index is 0.0000163. The SMILES string of the molecule is COC(=O)CCC(=O)[C@H](CSSC[C@H](NC(=O)CC[C@H]([NH3+])C(=O)[O-])C(=O)NCC(=O)OC)NC(=O)CC[C@H](NC(=O)CCCC[P+](c1ccccc1)(c1ccccc1)c1ccccc1)C(=O)OC.[Br-]. The summed E-state index contributed by atoms with van der Waals surface area (Å²) in [7, 11) is 3.46. The number of nitrogens with one attached hydrogen (secondary N) is 4. The van der Waals surface area contributed by atoms with Crippen molar-refractivity contribution >= 4 is 98.1 Å². The molecular formula is C47H61BrN5O13PS2. The zero-order chi connectivity index (χ0) is 49.9. The second-order valence-electron chi connectivity index (χ2n) is 15.4. The summed E-state index contributed by atoms with van der Waals surface area (Å²) < 4.78 is 14.1. The molecule has 4 amide bonds. The number of hydrogen-bond donors (Lipinski definition) is 5. The van der Waals surface area contributed by atoms with E-state index in [2.05, 4.69) is 72.9 Å². The zero-order valence-electron chi connectivity index (χ0n) is 38.8. The number of Topliss-reactive ketones (excluding diaryl/α,β-unsaturated/α-hetero) is 1. The van der Waals surface area contributed by atoms with Crippen LogP contribution in [0.1, 0.15) is 57.8 Å². The minimum absolute atomic E-state index is 0. The molecule has 0 unspecified atom stereocenters.